The predicted molar refractivity (Wildman–Crippen MR) is 79.0 cm³/mol. The van der Waals surface area contributed by atoms with Gasteiger partial charge in [-0.3, -0.25) is 0 Å². The molecule has 0 fully saturated rings. The van der Waals surface area contributed by atoms with Crippen LogP contribution in [0.4, 0.5) is 11.9 Å². The first-order valence-electron chi connectivity index (χ1n) is 6.91. The minimum Gasteiger partial charge on any atom is -0.461 e. The van der Waals surface area contributed by atoms with Crippen LogP contribution in [-0.2, 0) is 4.74 Å². The Morgan fingerprint density at radius 1 is 1.20 bits per heavy atom. The summed E-state index contributed by atoms with van der Waals surface area (Å²) in [6.45, 7) is 9.33. The van der Waals surface area contributed by atoms with E-state index in [1.165, 1.54) is 0 Å². The normalized spacial score (nSPS) is 12.5. The average molecular weight is 283 g/mol. The molecule has 1 heterocycles. The average Bonchev–Trinajstić information content (AvgIpc) is 2.37. The SMILES string of the molecule is CCC(C)N(CCOC)c1nc(N)nc(OC(C)C)n1. The van der Waals surface area contributed by atoms with Crippen LogP contribution in [0.15, 0.2) is 0 Å². The van der Waals surface area contributed by atoms with Gasteiger partial charge in [-0.05, 0) is 27.2 Å². The fourth-order valence-electron chi connectivity index (χ4n) is 1.68. The molecule has 0 saturated heterocycles. The Morgan fingerprint density at radius 3 is 2.45 bits per heavy atom. The summed E-state index contributed by atoms with van der Waals surface area (Å²) in [4.78, 5) is 14.6. The number of methoxy groups -OCH3 is 1. The van der Waals surface area contributed by atoms with Crippen LogP contribution in [0.2, 0.25) is 0 Å². The molecule has 0 amide bonds. The second kappa shape index (κ2) is 7.84. The molecule has 1 unspecified atom stereocenters. The Hall–Kier alpha value is -1.63. The summed E-state index contributed by atoms with van der Waals surface area (Å²) in [7, 11) is 1.67. The molecule has 7 nitrogen and oxygen atoms in total. The fourth-order valence-corrected chi connectivity index (χ4v) is 1.68. The fraction of sp³-hybridized carbons (Fsp3) is 0.769. The van der Waals surface area contributed by atoms with E-state index in [4.69, 9.17) is 15.2 Å². The molecule has 0 spiro atoms. The molecular weight excluding hydrogens is 258 g/mol. The van der Waals surface area contributed by atoms with Crippen molar-refractivity contribution in [3.63, 3.8) is 0 Å². The summed E-state index contributed by atoms with van der Waals surface area (Å²) in [5.74, 6) is 0.691. The summed E-state index contributed by atoms with van der Waals surface area (Å²) >= 11 is 0. The number of ether oxygens (including phenoxy) is 2. The lowest BCUT2D eigenvalue weighted by Crippen LogP contribution is -2.37. The smallest absolute Gasteiger partial charge is 0.323 e. The molecule has 0 aromatic carbocycles. The molecule has 7 heteroatoms. The van der Waals surface area contributed by atoms with Gasteiger partial charge < -0.3 is 20.1 Å². The van der Waals surface area contributed by atoms with Crippen LogP contribution in [0.3, 0.4) is 0 Å². The third-order valence-electron chi connectivity index (χ3n) is 2.88. The van der Waals surface area contributed by atoms with Gasteiger partial charge in [0.25, 0.3) is 0 Å². The molecule has 1 rings (SSSR count). The van der Waals surface area contributed by atoms with E-state index < -0.39 is 0 Å². The Kier molecular flexibility index (Phi) is 6.44. The summed E-state index contributed by atoms with van der Waals surface area (Å²) < 4.78 is 10.6. The molecule has 0 saturated carbocycles. The zero-order valence-corrected chi connectivity index (χ0v) is 13.0. The molecule has 2 N–H and O–H groups in total. The van der Waals surface area contributed by atoms with Gasteiger partial charge in [-0.15, -0.1) is 0 Å². The first kappa shape index (κ1) is 16.4. The van der Waals surface area contributed by atoms with Crippen molar-refractivity contribution in [2.45, 2.75) is 46.3 Å². The summed E-state index contributed by atoms with van der Waals surface area (Å²) in [6.07, 6.45) is 0.955. The highest BCUT2D eigenvalue weighted by atomic mass is 16.5. The number of hydrogen-bond acceptors (Lipinski definition) is 7. The number of nitrogens with zero attached hydrogens (tertiary/aromatic N) is 4. The van der Waals surface area contributed by atoms with Crippen molar-refractivity contribution in [2.75, 3.05) is 30.9 Å². The Morgan fingerprint density at radius 2 is 1.90 bits per heavy atom. The minimum atomic E-state index is -0.0133. The molecule has 0 aliphatic rings. The molecule has 114 valence electrons. The van der Waals surface area contributed by atoms with Crippen molar-refractivity contribution in [3.05, 3.63) is 0 Å². The third kappa shape index (κ3) is 4.80. The van der Waals surface area contributed by atoms with Gasteiger partial charge in [0.15, 0.2) is 0 Å². The first-order chi connectivity index (χ1) is 9.47. The zero-order valence-electron chi connectivity index (χ0n) is 13.0. The Bertz CT molecular complexity index is 414. The van der Waals surface area contributed by atoms with E-state index in [0.717, 1.165) is 6.42 Å². The molecular formula is C13H25N5O2. The van der Waals surface area contributed by atoms with Crippen molar-refractivity contribution in [3.8, 4) is 6.01 Å². The summed E-state index contributed by atoms with van der Waals surface area (Å²) in [5, 5.41) is 0. The highest BCUT2D eigenvalue weighted by molar-refractivity contribution is 5.37. The van der Waals surface area contributed by atoms with Crippen molar-refractivity contribution in [2.24, 2.45) is 0 Å². The van der Waals surface area contributed by atoms with Gasteiger partial charge >= 0.3 is 6.01 Å². The third-order valence-corrected chi connectivity index (χ3v) is 2.88. The topological polar surface area (TPSA) is 86.4 Å². The molecule has 20 heavy (non-hydrogen) atoms. The van der Waals surface area contributed by atoms with Crippen LogP contribution >= 0.6 is 0 Å². The molecule has 1 atom stereocenters. The van der Waals surface area contributed by atoms with E-state index >= 15 is 0 Å². The van der Waals surface area contributed by atoms with Crippen LogP contribution in [-0.4, -0.2) is 47.4 Å². The molecule has 0 bridgehead atoms. The number of aromatic nitrogens is 3. The Balaban J connectivity index is 3.01. The zero-order chi connectivity index (χ0) is 15.1. The van der Waals surface area contributed by atoms with Gasteiger partial charge in [0.2, 0.25) is 11.9 Å². The maximum atomic E-state index is 5.74. The van der Waals surface area contributed by atoms with Crippen molar-refractivity contribution in [1.29, 1.82) is 0 Å². The molecule has 1 aromatic heterocycles. The van der Waals surface area contributed by atoms with Crippen molar-refractivity contribution in [1.82, 2.24) is 15.0 Å². The summed E-state index contributed by atoms with van der Waals surface area (Å²) in [6, 6.07) is 0.534. The quantitative estimate of drug-likeness (QED) is 0.773. The minimum absolute atomic E-state index is 0.0133. The van der Waals surface area contributed by atoms with Gasteiger partial charge in [0.1, 0.15) is 0 Å². The van der Waals surface area contributed by atoms with Crippen LogP contribution in [0, 0.1) is 0 Å². The summed E-state index contributed by atoms with van der Waals surface area (Å²) in [5.41, 5.74) is 5.74. The first-order valence-corrected chi connectivity index (χ1v) is 6.91. The van der Waals surface area contributed by atoms with Gasteiger partial charge in [-0.1, -0.05) is 6.92 Å². The lowest BCUT2D eigenvalue weighted by Gasteiger charge is -2.28. The molecule has 0 aliphatic heterocycles. The number of hydrogen-bond donors (Lipinski definition) is 1. The van der Waals surface area contributed by atoms with E-state index in [-0.39, 0.29) is 24.1 Å². The highest BCUT2D eigenvalue weighted by Crippen LogP contribution is 2.17. The second-order valence-electron chi connectivity index (χ2n) is 4.89. The number of rotatable bonds is 8. The van der Waals surface area contributed by atoms with E-state index in [0.29, 0.717) is 19.1 Å². The molecule has 0 radical (unpaired) electrons. The monoisotopic (exact) mass is 283 g/mol. The largest absolute Gasteiger partial charge is 0.461 e. The van der Waals surface area contributed by atoms with E-state index in [2.05, 4.69) is 33.7 Å². The van der Waals surface area contributed by atoms with Crippen molar-refractivity contribution < 1.29 is 9.47 Å². The second-order valence-corrected chi connectivity index (χ2v) is 4.89. The van der Waals surface area contributed by atoms with Crippen LogP contribution in [0.25, 0.3) is 0 Å². The maximum Gasteiger partial charge on any atom is 0.323 e. The Labute approximate surface area is 120 Å². The number of nitrogens with two attached hydrogens (primary N) is 1. The van der Waals surface area contributed by atoms with Crippen molar-refractivity contribution >= 4 is 11.9 Å². The lowest BCUT2D eigenvalue weighted by molar-refractivity contribution is 0.202. The number of nitrogen functional groups attached to an aromatic ring is 1. The molecule has 0 aliphatic carbocycles. The van der Waals surface area contributed by atoms with E-state index in [9.17, 15) is 0 Å². The lowest BCUT2D eigenvalue weighted by atomic mass is 10.2. The van der Waals surface area contributed by atoms with Gasteiger partial charge in [-0.2, -0.15) is 15.0 Å². The van der Waals surface area contributed by atoms with E-state index in [1.54, 1.807) is 7.11 Å². The van der Waals surface area contributed by atoms with Gasteiger partial charge in [0.05, 0.1) is 12.7 Å². The predicted octanol–water partition coefficient (Wildman–Crippen LogP) is 1.49. The maximum absolute atomic E-state index is 5.74. The van der Waals surface area contributed by atoms with Crippen LogP contribution in [0.5, 0.6) is 6.01 Å². The van der Waals surface area contributed by atoms with E-state index in [1.807, 2.05) is 13.8 Å². The van der Waals surface area contributed by atoms with Crippen LogP contribution < -0.4 is 15.4 Å². The van der Waals surface area contributed by atoms with Crippen LogP contribution in [0.1, 0.15) is 34.1 Å². The standard InChI is InChI=1S/C13H25N5O2/c1-6-10(4)18(7-8-19-5)12-15-11(14)16-13(17-12)20-9(2)3/h9-10H,6-8H2,1-5H3,(H2,14,15,16,17). The highest BCUT2D eigenvalue weighted by Gasteiger charge is 2.18. The molecule has 1 aromatic rings. The van der Waals surface area contributed by atoms with Gasteiger partial charge in [0, 0.05) is 19.7 Å². The number of anilines is 2. The van der Waals surface area contributed by atoms with Gasteiger partial charge in [-0.25, -0.2) is 0 Å².